The predicted octanol–water partition coefficient (Wildman–Crippen LogP) is 8.97. The van der Waals surface area contributed by atoms with Crippen molar-refractivity contribution >= 4 is 17.4 Å². The highest BCUT2D eigenvalue weighted by atomic mass is 19.4. The van der Waals surface area contributed by atoms with Crippen molar-refractivity contribution in [3.05, 3.63) is 149 Å². The molecule has 52 heavy (non-hydrogen) atoms. The first-order chi connectivity index (χ1) is 25.0. The topological polar surface area (TPSA) is 76.7 Å². The number of benzene rings is 4. The maximum absolute atomic E-state index is 15.9. The van der Waals surface area contributed by atoms with E-state index in [0.717, 1.165) is 11.6 Å². The van der Waals surface area contributed by atoms with E-state index in [-0.39, 0.29) is 18.1 Å². The van der Waals surface area contributed by atoms with Crippen LogP contribution in [0.1, 0.15) is 41.2 Å². The molecular formula is C41H33F4N4O3+. The summed E-state index contributed by atoms with van der Waals surface area (Å²) in [5.74, 6) is 6.13. The second-order valence-corrected chi connectivity index (χ2v) is 12.4. The van der Waals surface area contributed by atoms with Crippen molar-refractivity contribution in [3.8, 4) is 29.4 Å². The number of pyridine rings is 1. The third-order valence-electron chi connectivity index (χ3n) is 8.91. The van der Waals surface area contributed by atoms with Gasteiger partial charge in [-0.25, -0.2) is 4.39 Å². The van der Waals surface area contributed by atoms with Gasteiger partial charge < -0.3 is 14.2 Å². The summed E-state index contributed by atoms with van der Waals surface area (Å²) in [5.41, 5.74) is 0.914. The number of quaternary nitrogens is 1. The lowest BCUT2D eigenvalue weighted by Crippen LogP contribution is -2.57. The molecule has 4 aromatic carbocycles. The smallest absolute Gasteiger partial charge is 0.411 e. The van der Waals surface area contributed by atoms with Crippen LogP contribution in [0, 0.1) is 29.0 Å². The number of nitrogens with zero attached hydrogens (tertiary/aromatic N) is 4. The highest BCUT2D eigenvalue weighted by molar-refractivity contribution is 5.94. The van der Waals surface area contributed by atoms with Crippen molar-refractivity contribution in [2.75, 3.05) is 14.2 Å². The molecule has 0 saturated carbocycles. The first-order valence-corrected chi connectivity index (χ1v) is 16.2. The van der Waals surface area contributed by atoms with Gasteiger partial charge in [-0.3, -0.25) is 4.98 Å². The number of amidine groups is 1. The van der Waals surface area contributed by atoms with E-state index in [1.165, 1.54) is 45.7 Å². The van der Waals surface area contributed by atoms with Crippen LogP contribution in [0.3, 0.4) is 0 Å². The van der Waals surface area contributed by atoms with Crippen LogP contribution in [-0.2, 0) is 16.9 Å². The Balaban J connectivity index is 1.56. The molecular weight excluding hydrogens is 672 g/mol. The van der Waals surface area contributed by atoms with Gasteiger partial charge in [-0.1, -0.05) is 42.2 Å². The molecule has 2 heterocycles. The lowest BCUT2D eigenvalue weighted by Gasteiger charge is -2.44. The normalized spacial score (nSPS) is 17.1. The van der Waals surface area contributed by atoms with Crippen LogP contribution in [0.15, 0.2) is 121 Å². The van der Waals surface area contributed by atoms with E-state index in [4.69, 9.17) is 14.2 Å². The Morgan fingerprint density at radius 3 is 2.00 bits per heavy atom. The fraction of sp³-hybridized carbons (Fsp3) is 0.195. The fourth-order valence-electron chi connectivity index (χ4n) is 6.22. The molecule has 1 aromatic heterocycles. The van der Waals surface area contributed by atoms with Gasteiger partial charge in [-0.05, 0) is 55.5 Å². The highest BCUT2D eigenvalue weighted by Crippen LogP contribution is 2.47. The number of ether oxygens (including phenoxy) is 3. The van der Waals surface area contributed by atoms with Crippen LogP contribution < -0.4 is 14.0 Å². The van der Waals surface area contributed by atoms with Crippen LogP contribution in [0.4, 0.5) is 28.9 Å². The van der Waals surface area contributed by atoms with E-state index in [0.29, 0.717) is 39.6 Å². The van der Waals surface area contributed by atoms with Crippen molar-refractivity contribution in [2.45, 2.75) is 37.7 Å². The zero-order valence-corrected chi connectivity index (χ0v) is 28.5. The molecule has 7 nitrogen and oxygen atoms in total. The Morgan fingerprint density at radius 2 is 1.42 bits per heavy atom. The molecule has 0 fully saturated rings. The lowest BCUT2D eigenvalue weighted by molar-refractivity contribution is -0.165. The summed E-state index contributed by atoms with van der Waals surface area (Å²) in [7, 11) is 3.04. The van der Waals surface area contributed by atoms with Gasteiger partial charge in [0, 0.05) is 65.3 Å². The quantitative estimate of drug-likeness (QED) is 0.0960. The Hall–Kier alpha value is -6.17. The molecule has 5 aromatic rings. The Morgan fingerprint density at radius 1 is 0.827 bits per heavy atom. The van der Waals surface area contributed by atoms with Gasteiger partial charge >= 0.3 is 12.2 Å². The van der Waals surface area contributed by atoms with Gasteiger partial charge in [0.1, 0.15) is 46.9 Å². The van der Waals surface area contributed by atoms with Crippen LogP contribution in [0.5, 0.6) is 11.5 Å². The van der Waals surface area contributed by atoms with E-state index < -0.39 is 34.5 Å². The number of hydrogen-bond donors (Lipinski definition) is 0. The number of aromatic nitrogens is 1. The van der Waals surface area contributed by atoms with E-state index >= 15 is 4.39 Å². The van der Waals surface area contributed by atoms with Crippen molar-refractivity contribution in [1.82, 2.24) is 9.47 Å². The second kappa shape index (κ2) is 14.6. The molecule has 2 atom stereocenters. The van der Waals surface area contributed by atoms with Crippen LogP contribution in [-0.4, -0.2) is 37.4 Å². The summed E-state index contributed by atoms with van der Waals surface area (Å²) < 4.78 is 78.0. The third-order valence-corrected chi connectivity index (χ3v) is 8.91. The monoisotopic (exact) mass is 705 g/mol. The SMILES string of the molecule is COc1ccc([N+](Cc2ccccc2)(C2=N[C@H](C(F)(F)F)C[C@@](C)(c3cc(C#Cc4cncc(C#N)c4)ccc3F)O2)c2ccc(OC)cc2)cc1. The molecule has 262 valence electrons. The van der Waals surface area contributed by atoms with Gasteiger partial charge in [-0.2, -0.15) is 27.9 Å². The van der Waals surface area contributed by atoms with E-state index in [2.05, 4.69) is 21.8 Å². The van der Waals surface area contributed by atoms with Gasteiger partial charge in [0.05, 0.1) is 19.8 Å². The maximum atomic E-state index is 15.9. The molecule has 1 aliphatic heterocycles. The number of nitriles is 1. The number of aliphatic imine (C=N–C) groups is 1. The molecule has 0 amide bonds. The average molecular weight is 706 g/mol. The summed E-state index contributed by atoms with van der Waals surface area (Å²) in [4.78, 5) is 8.33. The molecule has 0 spiro atoms. The minimum absolute atomic E-state index is 0.0861. The van der Waals surface area contributed by atoms with E-state index in [1.54, 1.807) is 54.6 Å². The summed E-state index contributed by atoms with van der Waals surface area (Å²) in [6, 6.07) is 28.1. The number of rotatable bonds is 7. The molecule has 1 aliphatic rings. The standard InChI is InChI=1S/C41H33F4N4O3/c1-40(36-22-28(11-20-37(36)42)9-10-30-21-31(24-46)26-47-25-30)23-38(41(43,44)45)48-39(52-40)49(27-29-7-5-4-6-8-29,32-12-16-34(50-2)17-13-32)33-14-18-35(51-3)19-15-33/h4-8,11-22,25-26,38H,23,27H2,1-3H3/q+1/t38-,40-/m0/s1. The molecule has 11 heteroatoms. The van der Waals surface area contributed by atoms with E-state index in [1.807, 2.05) is 36.4 Å². The van der Waals surface area contributed by atoms with Crippen molar-refractivity contribution in [3.63, 3.8) is 0 Å². The number of alkyl halides is 3. The van der Waals surface area contributed by atoms with Gasteiger partial charge in [0.25, 0.3) is 0 Å². The summed E-state index contributed by atoms with van der Waals surface area (Å²) in [5, 5.41) is 9.22. The van der Waals surface area contributed by atoms with E-state index in [9.17, 15) is 18.4 Å². The van der Waals surface area contributed by atoms with Crippen molar-refractivity contribution in [1.29, 1.82) is 5.26 Å². The van der Waals surface area contributed by atoms with Gasteiger partial charge in [-0.15, -0.1) is 0 Å². The Labute approximate surface area is 299 Å². The minimum Gasteiger partial charge on any atom is -0.497 e. The molecule has 0 aliphatic carbocycles. The summed E-state index contributed by atoms with van der Waals surface area (Å²) in [6.45, 7) is 1.53. The highest BCUT2D eigenvalue weighted by Gasteiger charge is 2.55. The first kappa shape index (κ1) is 35.6. The number of methoxy groups -OCH3 is 2. The molecule has 0 radical (unpaired) electrons. The average Bonchev–Trinajstić information content (AvgIpc) is 3.16. The maximum Gasteiger partial charge on any atom is 0.411 e. The molecule has 6 rings (SSSR count). The van der Waals surface area contributed by atoms with Crippen LogP contribution >= 0.6 is 0 Å². The Kier molecular flexibility index (Phi) is 10.0. The molecule has 0 bridgehead atoms. The molecule has 0 N–H and O–H groups in total. The number of halogens is 4. The zero-order valence-electron chi connectivity index (χ0n) is 28.5. The van der Waals surface area contributed by atoms with Crippen molar-refractivity contribution in [2.24, 2.45) is 4.99 Å². The second-order valence-electron chi connectivity index (χ2n) is 12.4. The fourth-order valence-corrected chi connectivity index (χ4v) is 6.22. The molecule has 0 unspecified atom stereocenters. The zero-order chi connectivity index (χ0) is 36.9. The van der Waals surface area contributed by atoms with Gasteiger partial charge in [0.2, 0.25) is 0 Å². The van der Waals surface area contributed by atoms with Crippen LogP contribution in [0.25, 0.3) is 0 Å². The van der Waals surface area contributed by atoms with Gasteiger partial charge in [0.15, 0.2) is 6.04 Å². The summed E-state index contributed by atoms with van der Waals surface area (Å²) >= 11 is 0. The lowest BCUT2D eigenvalue weighted by atomic mass is 9.86. The Bertz CT molecular complexity index is 2140. The van der Waals surface area contributed by atoms with Crippen molar-refractivity contribution < 1.29 is 31.8 Å². The predicted molar refractivity (Wildman–Crippen MR) is 189 cm³/mol. The third kappa shape index (κ3) is 7.32. The summed E-state index contributed by atoms with van der Waals surface area (Å²) in [6.07, 6.45) is -2.63. The number of hydrogen-bond acceptors (Lipinski definition) is 6. The minimum atomic E-state index is -4.80. The van der Waals surface area contributed by atoms with Crippen LogP contribution in [0.2, 0.25) is 0 Å². The molecule has 0 saturated heterocycles. The largest absolute Gasteiger partial charge is 0.497 e. The first-order valence-electron chi connectivity index (χ1n) is 16.2.